The number of carbonyl (C=O) groups excluding carboxylic acids is 1. The van der Waals surface area contributed by atoms with Gasteiger partial charge in [-0.25, -0.2) is 9.59 Å². The minimum Gasteiger partial charge on any atom is -0.492 e. The number of aliphatic imine (C=N–C) groups is 1. The van der Waals surface area contributed by atoms with Crippen molar-refractivity contribution in [3.63, 3.8) is 0 Å². The maximum Gasteiger partial charge on any atom is 0.407 e. The van der Waals surface area contributed by atoms with E-state index in [-0.39, 0.29) is 6.61 Å². The SMILES string of the molecule is CCCN(CCOc1ccc(N=C=O)cc1)C(=O)O. The molecule has 1 N–H and O–H groups in total. The van der Waals surface area contributed by atoms with E-state index < -0.39 is 6.09 Å². The maximum atomic E-state index is 10.9. The van der Waals surface area contributed by atoms with Crippen LogP contribution in [-0.2, 0) is 4.79 Å². The third-order valence-corrected chi connectivity index (χ3v) is 2.41. The lowest BCUT2D eigenvalue weighted by molar-refractivity contribution is 0.135. The van der Waals surface area contributed by atoms with Crippen LogP contribution in [0.15, 0.2) is 29.3 Å². The lowest BCUT2D eigenvalue weighted by atomic mass is 10.3. The van der Waals surface area contributed by atoms with E-state index in [9.17, 15) is 9.59 Å². The van der Waals surface area contributed by atoms with E-state index in [1.54, 1.807) is 24.3 Å². The van der Waals surface area contributed by atoms with Crippen LogP contribution in [0, 0.1) is 0 Å². The lowest BCUT2D eigenvalue weighted by Crippen LogP contribution is -2.33. The highest BCUT2D eigenvalue weighted by Crippen LogP contribution is 2.17. The molecule has 0 heterocycles. The minimum absolute atomic E-state index is 0.280. The molecule has 102 valence electrons. The molecule has 6 heteroatoms. The van der Waals surface area contributed by atoms with Crippen LogP contribution in [0.3, 0.4) is 0 Å². The van der Waals surface area contributed by atoms with Crippen molar-refractivity contribution < 1.29 is 19.4 Å². The zero-order valence-corrected chi connectivity index (χ0v) is 10.7. The van der Waals surface area contributed by atoms with Crippen molar-refractivity contribution in [1.82, 2.24) is 4.90 Å². The molecule has 0 saturated carbocycles. The van der Waals surface area contributed by atoms with Crippen LogP contribution >= 0.6 is 0 Å². The van der Waals surface area contributed by atoms with Gasteiger partial charge in [-0.05, 0) is 30.7 Å². The van der Waals surface area contributed by atoms with Gasteiger partial charge in [0.25, 0.3) is 0 Å². The van der Waals surface area contributed by atoms with E-state index in [1.165, 1.54) is 11.0 Å². The van der Waals surface area contributed by atoms with Crippen molar-refractivity contribution >= 4 is 17.9 Å². The van der Waals surface area contributed by atoms with E-state index in [0.717, 1.165) is 6.42 Å². The number of hydrogen-bond donors (Lipinski definition) is 1. The standard InChI is InChI=1S/C13H16N2O4/c1-2-7-15(13(17)18)8-9-19-12-5-3-11(4-6-12)14-10-16/h3-6H,2,7-9H2,1H3,(H,17,18). The van der Waals surface area contributed by atoms with Gasteiger partial charge in [0.15, 0.2) is 0 Å². The van der Waals surface area contributed by atoms with Gasteiger partial charge in [0, 0.05) is 6.54 Å². The maximum absolute atomic E-state index is 10.9. The summed E-state index contributed by atoms with van der Waals surface area (Å²) in [5, 5.41) is 8.92. The second-order valence-corrected chi connectivity index (χ2v) is 3.82. The molecule has 0 bridgehead atoms. The molecule has 0 spiro atoms. The largest absolute Gasteiger partial charge is 0.492 e. The van der Waals surface area contributed by atoms with E-state index in [2.05, 4.69) is 4.99 Å². The minimum atomic E-state index is -0.943. The Labute approximate surface area is 111 Å². The molecule has 0 fully saturated rings. The molecule has 0 saturated heterocycles. The van der Waals surface area contributed by atoms with E-state index >= 15 is 0 Å². The van der Waals surface area contributed by atoms with Gasteiger partial charge in [-0.2, -0.15) is 4.99 Å². The highest BCUT2D eigenvalue weighted by Gasteiger charge is 2.09. The molecule has 0 atom stereocenters. The summed E-state index contributed by atoms with van der Waals surface area (Å²) in [4.78, 5) is 25.7. The average Bonchev–Trinajstić information content (AvgIpc) is 2.40. The highest BCUT2D eigenvalue weighted by atomic mass is 16.5. The van der Waals surface area contributed by atoms with Crippen LogP contribution in [0.5, 0.6) is 5.75 Å². The Balaban J connectivity index is 2.43. The Bertz CT molecular complexity index is 452. The second-order valence-electron chi connectivity index (χ2n) is 3.82. The van der Waals surface area contributed by atoms with Crippen LogP contribution < -0.4 is 4.74 Å². The number of ether oxygens (including phenoxy) is 1. The molecular weight excluding hydrogens is 248 g/mol. The smallest absolute Gasteiger partial charge is 0.407 e. The number of carbonyl (C=O) groups is 1. The monoisotopic (exact) mass is 264 g/mol. The van der Waals surface area contributed by atoms with E-state index in [1.807, 2.05) is 6.92 Å². The first kappa shape index (κ1) is 14.7. The molecule has 1 amide bonds. The van der Waals surface area contributed by atoms with Crippen LogP contribution in [0.4, 0.5) is 10.5 Å². The fourth-order valence-electron chi connectivity index (χ4n) is 1.52. The first-order valence-corrected chi connectivity index (χ1v) is 5.96. The van der Waals surface area contributed by atoms with Gasteiger partial charge in [-0.15, -0.1) is 0 Å². The summed E-state index contributed by atoms with van der Waals surface area (Å²) in [5.74, 6) is 0.603. The fraction of sp³-hybridized carbons (Fsp3) is 0.385. The molecule has 1 aromatic rings. The molecule has 1 rings (SSSR count). The number of benzene rings is 1. The second kappa shape index (κ2) is 7.89. The molecule has 0 aliphatic heterocycles. The third-order valence-electron chi connectivity index (χ3n) is 2.41. The number of isocyanates is 1. The van der Waals surface area contributed by atoms with Crippen molar-refractivity contribution in [2.75, 3.05) is 19.7 Å². The number of hydrogen-bond acceptors (Lipinski definition) is 4. The number of nitrogens with zero attached hydrogens (tertiary/aromatic N) is 2. The van der Waals surface area contributed by atoms with Gasteiger partial charge in [-0.3, -0.25) is 0 Å². The van der Waals surface area contributed by atoms with Gasteiger partial charge >= 0.3 is 6.09 Å². The molecule has 19 heavy (non-hydrogen) atoms. The predicted molar refractivity (Wildman–Crippen MR) is 69.6 cm³/mol. The molecule has 0 aliphatic rings. The summed E-state index contributed by atoms with van der Waals surface area (Å²) < 4.78 is 5.42. The van der Waals surface area contributed by atoms with E-state index in [0.29, 0.717) is 24.5 Å². The number of rotatable bonds is 7. The summed E-state index contributed by atoms with van der Waals surface area (Å²) >= 11 is 0. The number of amides is 1. The van der Waals surface area contributed by atoms with Crippen LogP contribution in [0.25, 0.3) is 0 Å². The van der Waals surface area contributed by atoms with E-state index in [4.69, 9.17) is 9.84 Å². The summed E-state index contributed by atoms with van der Waals surface area (Å²) in [5.41, 5.74) is 0.500. The van der Waals surface area contributed by atoms with Crippen LogP contribution in [0.2, 0.25) is 0 Å². The third kappa shape index (κ3) is 5.23. The molecule has 0 aromatic heterocycles. The van der Waals surface area contributed by atoms with Gasteiger partial charge in [0.2, 0.25) is 6.08 Å². The summed E-state index contributed by atoms with van der Waals surface area (Å²) in [7, 11) is 0. The Hall–Kier alpha value is -2.33. The van der Waals surface area contributed by atoms with Crippen molar-refractivity contribution in [2.45, 2.75) is 13.3 Å². The van der Waals surface area contributed by atoms with Crippen molar-refractivity contribution in [1.29, 1.82) is 0 Å². The molecular formula is C13H16N2O4. The molecule has 0 unspecified atom stereocenters. The summed E-state index contributed by atoms with van der Waals surface area (Å²) in [6.45, 7) is 3.01. The zero-order valence-electron chi connectivity index (χ0n) is 10.7. The van der Waals surface area contributed by atoms with Crippen LogP contribution in [-0.4, -0.2) is 41.9 Å². The molecule has 6 nitrogen and oxygen atoms in total. The summed E-state index contributed by atoms with van der Waals surface area (Å²) in [6.07, 6.45) is 1.28. The highest BCUT2D eigenvalue weighted by molar-refractivity contribution is 5.64. The Morgan fingerprint density at radius 3 is 2.58 bits per heavy atom. The van der Waals surface area contributed by atoms with Gasteiger partial charge in [0.05, 0.1) is 12.2 Å². The topological polar surface area (TPSA) is 79.2 Å². The fourth-order valence-corrected chi connectivity index (χ4v) is 1.52. The zero-order chi connectivity index (χ0) is 14.1. The Morgan fingerprint density at radius 2 is 2.05 bits per heavy atom. The van der Waals surface area contributed by atoms with Gasteiger partial charge < -0.3 is 14.7 Å². The predicted octanol–water partition coefficient (Wildman–Crippen LogP) is 2.42. The summed E-state index contributed by atoms with van der Waals surface area (Å²) in [6, 6.07) is 6.59. The van der Waals surface area contributed by atoms with Crippen molar-refractivity contribution in [3.05, 3.63) is 24.3 Å². The first-order valence-electron chi connectivity index (χ1n) is 5.96. The van der Waals surface area contributed by atoms with Gasteiger partial charge in [-0.1, -0.05) is 6.92 Å². The number of carboxylic acid groups (broad SMARTS) is 1. The first-order chi connectivity index (χ1) is 9.17. The normalized spacial score (nSPS) is 9.53. The van der Waals surface area contributed by atoms with Gasteiger partial charge in [0.1, 0.15) is 12.4 Å². The van der Waals surface area contributed by atoms with Crippen molar-refractivity contribution in [3.8, 4) is 5.75 Å². The Kier molecular flexibility index (Phi) is 6.12. The van der Waals surface area contributed by atoms with Crippen LogP contribution in [0.1, 0.15) is 13.3 Å². The molecule has 1 aromatic carbocycles. The Morgan fingerprint density at radius 1 is 1.37 bits per heavy atom. The average molecular weight is 264 g/mol. The quantitative estimate of drug-likeness (QED) is 0.606. The molecule has 0 aliphatic carbocycles. The van der Waals surface area contributed by atoms with Crippen molar-refractivity contribution in [2.24, 2.45) is 4.99 Å². The lowest BCUT2D eigenvalue weighted by Gasteiger charge is -2.18. The molecule has 0 radical (unpaired) electrons.